The van der Waals surface area contributed by atoms with Gasteiger partial charge in [0.15, 0.2) is 0 Å². The Morgan fingerprint density at radius 2 is 2.10 bits per heavy atom. The number of hydrogen-bond acceptors (Lipinski definition) is 3. The maximum atomic E-state index is 12.6. The van der Waals surface area contributed by atoms with E-state index in [1.807, 2.05) is 29.2 Å². The molecule has 1 saturated heterocycles. The summed E-state index contributed by atoms with van der Waals surface area (Å²) in [6.07, 6.45) is 2.11. The minimum atomic E-state index is 0.120. The number of nitrogens with one attached hydrogen (secondary N) is 1. The van der Waals surface area contributed by atoms with Gasteiger partial charge in [0.25, 0.3) is 5.91 Å². The molecule has 116 valence electrons. The maximum Gasteiger partial charge on any atom is 0.253 e. The highest BCUT2D eigenvalue weighted by Crippen LogP contribution is 2.16. The van der Waals surface area contributed by atoms with Crippen LogP contribution in [0, 0.1) is 5.92 Å². The van der Waals surface area contributed by atoms with Crippen molar-refractivity contribution in [2.75, 3.05) is 26.7 Å². The Morgan fingerprint density at radius 3 is 2.71 bits per heavy atom. The smallest absolute Gasteiger partial charge is 0.253 e. The third-order valence-electron chi connectivity index (χ3n) is 3.86. The van der Waals surface area contributed by atoms with Crippen LogP contribution in [0.5, 0.6) is 5.75 Å². The topological polar surface area (TPSA) is 41.6 Å². The molecule has 1 N–H and O–H groups in total. The quantitative estimate of drug-likeness (QED) is 0.926. The van der Waals surface area contributed by atoms with Gasteiger partial charge >= 0.3 is 0 Å². The highest BCUT2D eigenvalue weighted by atomic mass is 16.5. The average Bonchev–Trinajstić information content (AvgIpc) is 2.71. The van der Waals surface area contributed by atoms with Crippen LogP contribution < -0.4 is 10.1 Å². The summed E-state index contributed by atoms with van der Waals surface area (Å²) in [4.78, 5) is 14.6. The number of hydrogen-bond donors (Lipinski definition) is 1. The molecule has 1 atom stereocenters. The maximum absolute atomic E-state index is 12.6. The Morgan fingerprint density at radius 1 is 1.38 bits per heavy atom. The number of benzene rings is 1. The van der Waals surface area contributed by atoms with Crippen LogP contribution in [0.4, 0.5) is 0 Å². The van der Waals surface area contributed by atoms with Gasteiger partial charge < -0.3 is 15.0 Å². The van der Waals surface area contributed by atoms with Crippen molar-refractivity contribution in [3.05, 3.63) is 29.8 Å². The van der Waals surface area contributed by atoms with Crippen molar-refractivity contribution in [3.63, 3.8) is 0 Å². The van der Waals surface area contributed by atoms with Crippen LogP contribution >= 0.6 is 0 Å². The Hall–Kier alpha value is -1.55. The summed E-state index contributed by atoms with van der Waals surface area (Å²) in [5, 5.41) is 3.55. The third-order valence-corrected chi connectivity index (χ3v) is 3.86. The van der Waals surface area contributed by atoms with E-state index in [0.717, 1.165) is 43.8 Å². The molecule has 0 bridgehead atoms. The molecule has 2 rings (SSSR count). The fourth-order valence-electron chi connectivity index (χ4n) is 2.83. The zero-order chi connectivity index (χ0) is 15.2. The summed E-state index contributed by atoms with van der Waals surface area (Å²) < 4.78 is 5.14. The van der Waals surface area contributed by atoms with Gasteiger partial charge in [-0.15, -0.1) is 0 Å². The lowest BCUT2D eigenvalue weighted by molar-refractivity contribution is 0.0749. The monoisotopic (exact) mass is 290 g/mol. The van der Waals surface area contributed by atoms with Crippen LogP contribution in [0.3, 0.4) is 0 Å². The molecule has 1 aromatic carbocycles. The fraction of sp³-hybridized carbons (Fsp3) is 0.588. The van der Waals surface area contributed by atoms with Crippen molar-refractivity contribution in [2.45, 2.75) is 32.7 Å². The second-order valence-corrected chi connectivity index (χ2v) is 6.11. The van der Waals surface area contributed by atoms with E-state index in [4.69, 9.17) is 4.74 Å². The standard InChI is InChI=1S/C17H26N2O2/c1-13(2)11-15-12-19(10-4-9-18-15)17(20)14-5-7-16(21-3)8-6-14/h5-8,13,15,18H,4,9-12H2,1-3H3. The number of carbonyl (C=O) groups is 1. The number of carbonyl (C=O) groups excluding carboxylic acids is 1. The van der Waals surface area contributed by atoms with Gasteiger partial charge in [0, 0.05) is 24.7 Å². The Labute approximate surface area is 127 Å². The van der Waals surface area contributed by atoms with Crippen molar-refractivity contribution in [3.8, 4) is 5.75 Å². The SMILES string of the molecule is COc1ccc(C(=O)N2CCCNC(CC(C)C)C2)cc1. The number of amides is 1. The first kappa shape index (κ1) is 15.8. The highest BCUT2D eigenvalue weighted by molar-refractivity contribution is 5.94. The third kappa shape index (κ3) is 4.46. The van der Waals surface area contributed by atoms with E-state index >= 15 is 0 Å². The predicted octanol–water partition coefficient (Wildman–Crippen LogP) is 2.55. The van der Waals surface area contributed by atoms with E-state index in [1.54, 1.807) is 7.11 Å². The van der Waals surface area contributed by atoms with E-state index < -0.39 is 0 Å². The van der Waals surface area contributed by atoms with Crippen molar-refractivity contribution < 1.29 is 9.53 Å². The lowest BCUT2D eigenvalue weighted by atomic mass is 10.0. The van der Waals surface area contributed by atoms with Crippen LogP contribution in [0.1, 0.15) is 37.0 Å². The minimum Gasteiger partial charge on any atom is -0.497 e. The second-order valence-electron chi connectivity index (χ2n) is 6.11. The molecular formula is C17H26N2O2. The van der Waals surface area contributed by atoms with Crippen LogP contribution in [0.15, 0.2) is 24.3 Å². The molecule has 0 spiro atoms. The van der Waals surface area contributed by atoms with Crippen molar-refractivity contribution in [2.24, 2.45) is 5.92 Å². The predicted molar refractivity (Wildman–Crippen MR) is 84.8 cm³/mol. The molecule has 1 heterocycles. The molecule has 1 fully saturated rings. The largest absolute Gasteiger partial charge is 0.497 e. The normalized spacial score (nSPS) is 19.4. The molecule has 0 radical (unpaired) electrons. The summed E-state index contributed by atoms with van der Waals surface area (Å²) >= 11 is 0. The highest BCUT2D eigenvalue weighted by Gasteiger charge is 2.23. The molecule has 1 aliphatic rings. The summed E-state index contributed by atoms with van der Waals surface area (Å²) in [5.74, 6) is 1.54. The molecule has 1 unspecified atom stereocenters. The summed E-state index contributed by atoms with van der Waals surface area (Å²) in [6, 6.07) is 7.77. The van der Waals surface area contributed by atoms with Crippen LogP contribution in [-0.2, 0) is 0 Å². The first-order chi connectivity index (χ1) is 10.1. The van der Waals surface area contributed by atoms with E-state index in [0.29, 0.717) is 12.0 Å². The lowest BCUT2D eigenvalue weighted by Gasteiger charge is -2.25. The van der Waals surface area contributed by atoms with Crippen molar-refractivity contribution in [1.29, 1.82) is 0 Å². The van der Waals surface area contributed by atoms with Crippen LogP contribution in [-0.4, -0.2) is 43.6 Å². The van der Waals surface area contributed by atoms with Gasteiger partial charge in [0.1, 0.15) is 5.75 Å². The Balaban J connectivity index is 2.05. The van der Waals surface area contributed by atoms with Gasteiger partial charge in [-0.25, -0.2) is 0 Å². The average molecular weight is 290 g/mol. The molecule has 0 aliphatic carbocycles. The van der Waals surface area contributed by atoms with E-state index in [2.05, 4.69) is 19.2 Å². The molecule has 0 aromatic heterocycles. The molecule has 4 heteroatoms. The zero-order valence-corrected chi connectivity index (χ0v) is 13.3. The van der Waals surface area contributed by atoms with Crippen molar-refractivity contribution >= 4 is 5.91 Å². The van der Waals surface area contributed by atoms with Gasteiger partial charge in [0.05, 0.1) is 7.11 Å². The zero-order valence-electron chi connectivity index (χ0n) is 13.3. The number of rotatable bonds is 4. The molecule has 0 saturated carbocycles. The van der Waals surface area contributed by atoms with Gasteiger partial charge in [-0.2, -0.15) is 0 Å². The summed E-state index contributed by atoms with van der Waals surface area (Å²) in [5.41, 5.74) is 0.737. The number of ether oxygens (including phenoxy) is 1. The summed E-state index contributed by atoms with van der Waals surface area (Å²) in [7, 11) is 1.63. The molecule has 21 heavy (non-hydrogen) atoms. The van der Waals surface area contributed by atoms with E-state index in [1.165, 1.54) is 0 Å². The lowest BCUT2D eigenvalue weighted by Crippen LogP contribution is -2.41. The van der Waals surface area contributed by atoms with Crippen LogP contribution in [0.2, 0.25) is 0 Å². The molecule has 1 aliphatic heterocycles. The fourth-order valence-corrected chi connectivity index (χ4v) is 2.83. The molecule has 1 aromatic rings. The minimum absolute atomic E-state index is 0.120. The van der Waals surface area contributed by atoms with Gasteiger partial charge in [-0.3, -0.25) is 4.79 Å². The Kier molecular flexibility index (Phi) is 5.62. The first-order valence-electron chi connectivity index (χ1n) is 7.77. The summed E-state index contributed by atoms with van der Waals surface area (Å²) in [6.45, 7) is 7.06. The Bertz CT molecular complexity index is 456. The number of nitrogens with zero attached hydrogens (tertiary/aromatic N) is 1. The van der Waals surface area contributed by atoms with E-state index in [-0.39, 0.29) is 5.91 Å². The van der Waals surface area contributed by atoms with Gasteiger partial charge in [0.2, 0.25) is 0 Å². The van der Waals surface area contributed by atoms with Gasteiger partial charge in [-0.05, 0) is 49.6 Å². The molecular weight excluding hydrogens is 264 g/mol. The first-order valence-corrected chi connectivity index (χ1v) is 7.77. The van der Waals surface area contributed by atoms with Crippen LogP contribution in [0.25, 0.3) is 0 Å². The second kappa shape index (κ2) is 7.46. The van der Waals surface area contributed by atoms with Gasteiger partial charge in [-0.1, -0.05) is 13.8 Å². The van der Waals surface area contributed by atoms with Crippen molar-refractivity contribution in [1.82, 2.24) is 10.2 Å². The molecule has 4 nitrogen and oxygen atoms in total. The van der Waals surface area contributed by atoms with E-state index in [9.17, 15) is 4.79 Å². The molecule has 1 amide bonds. The number of methoxy groups -OCH3 is 1.